The van der Waals surface area contributed by atoms with Crippen LogP contribution in [0.25, 0.3) is 0 Å². The molecule has 0 spiro atoms. The van der Waals surface area contributed by atoms with Gasteiger partial charge in [0.2, 0.25) is 5.91 Å². The van der Waals surface area contributed by atoms with Crippen LogP contribution < -0.4 is 15.4 Å². The number of carbonyl (C=O) groups excluding carboxylic acids is 2. The summed E-state index contributed by atoms with van der Waals surface area (Å²) in [5, 5.41) is 5.13. The summed E-state index contributed by atoms with van der Waals surface area (Å²) in [6.07, 6.45) is -8.32. The predicted molar refractivity (Wildman–Crippen MR) is 94.3 cm³/mol. The quantitative estimate of drug-likeness (QED) is 0.697. The molecule has 0 aliphatic carbocycles. The molecule has 1 fully saturated rings. The van der Waals surface area contributed by atoms with Gasteiger partial charge in [0.15, 0.2) is 0 Å². The summed E-state index contributed by atoms with van der Waals surface area (Å²) in [6, 6.07) is 3.10. The molecule has 2 amide bonds. The van der Waals surface area contributed by atoms with Crippen LogP contribution in [0.1, 0.15) is 34.5 Å². The molecule has 1 unspecified atom stereocenters. The third kappa shape index (κ3) is 5.64. The van der Waals surface area contributed by atoms with E-state index >= 15 is 0 Å². The van der Waals surface area contributed by atoms with E-state index in [1.54, 1.807) is 0 Å². The number of ether oxygens (including phenoxy) is 1. The number of hydrogen-bond donors (Lipinski definition) is 2. The van der Waals surface area contributed by atoms with Crippen molar-refractivity contribution in [2.45, 2.75) is 31.2 Å². The highest BCUT2D eigenvalue weighted by molar-refractivity contribution is 5.97. The number of nitrogens with zero attached hydrogens (tertiary/aromatic N) is 1. The van der Waals surface area contributed by atoms with Gasteiger partial charge in [0, 0.05) is 19.0 Å². The number of nitrogens with one attached hydrogen (secondary N) is 2. The third-order valence-electron chi connectivity index (χ3n) is 4.39. The van der Waals surface area contributed by atoms with Gasteiger partial charge in [-0.2, -0.15) is 26.3 Å². The van der Waals surface area contributed by atoms with Crippen LogP contribution >= 0.6 is 0 Å². The van der Waals surface area contributed by atoms with Crippen LogP contribution in [0.2, 0.25) is 0 Å². The molecule has 31 heavy (non-hydrogen) atoms. The Labute approximate surface area is 171 Å². The van der Waals surface area contributed by atoms with Crippen molar-refractivity contribution in [3.63, 3.8) is 0 Å². The Kier molecular flexibility index (Phi) is 6.09. The van der Waals surface area contributed by atoms with E-state index < -0.39 is 41.3 Å². The zero-order valence-corrected chi connectivity index (χ0v) is 15.6. The Morgan fingerprint density at radius 1 is 1.10 bits per heavy atom. The summed E-state index contributed by atoms with van der Waals surface area (Å²) < 4.78 is 82.5. The van der Waals surface area contributed by atoms with E-state index in [1.807, 2.05) is 0 Å². The van der Waals surface area contributed by atoms with Crippen LogP contribution in [-0.2, 0) is 17.1 Å². The van der Waals surface area contributed by atoms with Gasteiger partial charge < -0.3 is 15.4 Å². The maximum absolute atomic E-state index is 13.1. The van der Waals surface area contributed by atoms with Crippen LogP contribution in [0, 0.1) is 0 Å². The van der Waals surface area contributed by atoms with Crippen molar-refractivity contribution in [3.8, 4) is 11.5 Å². The molecule has 166 valence electrons. The minimum Gasteiger partial charge on any atom is -0.455 e. The first-order valence-corrected chi connectivity index (χ1v) is 8.93. The molecule has 2 N–H and O–H groups in total. The maximum atomic E-state index is 13.1. The fourth-order valence-electron chi connectivity index (χ4n) is 2.88. The minimum atomic E-state index is -4.74. The van der Waals surface area contributed by atoms with E-state index in [-0.39, 0.29) is 23.6 Å². The number of aromatic nitrogens is 1. The molecule has 1 aromatic heterocycles. The zero-order chi connectivity index (χ0) is 22.8. The average molecular weight is 447 g/mol. The van der Waals surface area contributed by atoms with E-state index in [1.165, 1.54) is 0 Å². The van der Waals surface area contributed by atoms with Crippen molar-refractivity contribution >= 4 is 11.8 Å². The fraction of sp³-hybridized carbons (Fsp3) is 0.316. The summed E-state index contributed by atoms with van der Waals surface area (Å²) in [7, 11) is 0. The zero-order valence-electron chi connectivity index (χ0n) is 15.6. The number of carbonyl (C=O) groups is 2. The van der Waals surface area contributed by atoms with Gasteiger partial charge in [0.05, 0.1) is 17.3 Å². The summed E-state index contributed by atoms with van der Waals surface area (Å²) in [5.74, 6) is -1.88. The maximum Gasteiger partial charge on any atom is 0.433 e. The lowest BCUT2D eigenvalue weighted by atomic mass is 10.0. The molecule has 3 rings (SSSR count). The second-order valence-electron chi connectivity index (χ2n) is 6.70. The number of pyridine rings is 1. The van der Waals surface area contributed by atoms with Crippen molar-refractivity contribution in [1.82, 2.24) is 15.6 Å². The molecular formula is C19H15F6N3O3. The topological polar surface area (TPSA) is 80.3 Å². The van der Waals surface area contributed by atoms with Gasteiger partial charge in [0.25, 0.3) is 5.91 Å². The largest absolute Gasteiger partial charge is 0.455 e. The average Bonchev–Trinajstić information content (AvgIpc) is 2.67. The SMILES string of the molecule is O=C1CC(NC(=O)c2ccc(C(F)(F)F)cc2Oc2ccc(C(F)(F)F)nc2)CCN1. The van der Waals surface area contributed by atoms with Gasteiger partial charge >= 0.3 is 12.4 Å². The number of alkyl halides is 6. The summed E-state index contributed by atoms with van der Waals surface area (Å²) in [5.41, 5.74) is -2.60. The molecule has 0 radical (unpaired) electrons. The van der Waals surface area contributed by atoms with Crippen molar-refractivity contribution < 1.29 is 40.7 Å². The van der Waals surface area contributed by atoms with Crippen molar-refractivity contribution in [2.24, 2.45) is 0 Å². The van der Waals surface area contributed by atoms with Gasteiger partial charge in [-0.15, -0.1) is 0 Å². The van der Waals surface area contributed by atoms with Crippen LogP contribution in [0.4, 0.5) is 26.3 Å². The molecule has 1 aromatic carbocycles. The van der Waals surface area contributed by atoms with Gasteiger partial charge in [0.1, 0.15) is 17.2 Å². The number of benzene rings is 1. The minimum absolute atomic E-state index is 0.00535. The molecule has 0 saturated carbocycles. The highest BCUT2D eigenvalue weighted by atomic mass is 19.4. The van der Waals surface area contributed by atoms with E-state index in [9.17, 15) is 35.9 Å². The van der Waals surface area contributed by atoms with E-state index in [2.05, 4.69) is 15.6 Å². The van der Waals surface area contributed by atoms with Crippen LogP contribution in [0.5, 0.6) is 11.5 Å². The molecule has 1 aliphatic rings. The molecule has 6 nitrogen and oxygen atoms in total. The second kappa shape index (κ2) is 8.44. The van der Waals surface area contributed by atoms with E-state index in [0.29, 0.717) is 37.4 Å². The Hall–Kier alpha value is -3.31. The molecular weight excluding hydrogens is 432 g/mol. The third-order valence-corrected chi connectivity index (χ3v) is 4.39. The van der Waals surface area contributed by atoms with Crippen LogP contribution in [0.3, 0.4) is 0 Å². The van der Waals surface area contributed by atoms with Gasteiger partial charge in [-0.1, -0.05) is 0 Å². The molecule has 12 heteroatoms. The highest BCUT2D eigenvalue weighted by Crippen LogP contribution is 2.35. The number of halogens is 6. The van der Waals surface area contributed by atoms with Crippen molar-refractivity contribution in [3.05, 3.63) is 53.3 Å². The van der Waals surface area contributed by atoms with Gasteiger partial charge in [-0.05, 0) is 36.8 Å². The lowest BCUT2D eigenvalue weighted by Crippen LogP contribution is -2.45. The van der Waals surface area contributed by atoms with Gasteiger partial charge in [-0.25, -0.2) is 4.98 Å². The fourth-order valence-corrected chi connectivity index (χ4v) is 2.88. The summed E-state index contributed by atoms with van der Waals surface area (Å²) in [4.78, 5) is 27.2. The first-order valence-electron chi connectivity index (χ1n) is 8.93. The smallest absolute Gasteiger partial charge is 0.433 e. The highest BCUT2D eigenvalue weighted by Gasteiger charge is 2.33. The number of piperidine rings is 1. The molecule has 0 bridgehead atoms. The molecule has 2 heterocycles. The standard InChI is InChI=1S/C19H15F6N3O3/c20-18(21,22)10-1-3-13(17(30)28-11-5-6-26-16(29)8-11)14(7-10)31-12-2-4-15(27-9-12)19(23,24)25/h1-4,7,9,11H,5-6,8H2,(H,26,29)(H,28,30). The van der Waals surface area contributed by atoms with Crippen LogP contribution in [0.15, 0.2) is 36.5 Å². The Bertz CT molecular complexity index is 973. The summed E-state index contributed by atoms with van der Waals surface area (Å²) >= 11 is 0. The molecule has 1 atom stereocenters. The first kappa shape index (κ1) is 22.4. The summed E-state index contributed by atoms with van der Waals surface area (Å²) in [6.45, 7) is 0.331. The molecule has 2 aromatic rings. The lowest BCUT2D eigenvalue weighted by molar-refractivity contribution is -0.141. The lowest BCUT2D eigenvalue weighted by Gasteiger charge is -2.23. The molecule has 1 saturated heterocycles. The van der Waals surface area contributed by atoms with E-state index in [0.717, 1.165) is 12.1 Å². The Morgan fingerprint density at radius 2 is 1.84 bits per heavy atom. The van der Waals surface area contributed by atoms with Crippen LogP contribution in [-0.4, -0.2) is 29.4 Å². The molecule has 1 aliphatic heterocycles. The van der Waals surface area contributed by atoms with E-state index in [4.69, 9.17) is 4.74 Å². The van der Waals surface area contributed by atoms with Crippen molar-refractivity contribution in [2.75, 3.05) is 6.54 Å². The Balaban J connectivity index is 1.88. The normalized spacial score (nSPS) is 17.1. The second-order valence-corrected chi connectivity index (χ2v) is 6.70. The van der Waals surface area contributed by atoms with Gasteiger partial charge in [-0.3, -0.25) is 9.59 Å². The van der Waals surface area contributed by atoms with Crippen molar-refractivity contribution in [1.29, 1.82) is 0 Å². The first-order chi connectivity index (χ1) is 14.4. The number of amides is 2. The number of rotatable bonds is 4. The Morgan fingerprint density at radius 3 is 2.42 bits per heavy atom. The predicted octanol–water partition coefficient (Wildman–Crippen LogP) is 3.92. The monoisotopic (exact) mass is 447 g/mol. The number of hydrogen-bond acceptors (Lipinski definition) is 4.